The molecule has 1 N–H and O–H groups in total. The van der Waals surface area contributed by atoms with Crippen LogP contribution in [0.5, 0.6) is 5.75 Å². The van der Waals surface area contributed by atoms with Crippen LogP contribution in [0.1, 0.15) is 29.5 Å². The Hall–Kier alpha value is -3.39. The van der Waals surface area contributed by atoms with Gasteiger partial charge in [0.25, 0.3) is 0 Å². The molecule has 9 heteroatoms. The number of rotatable bonds is 6. The summed E-state index contributed by atoms with van der Waals surface area (Å²) in [6, 6.07) is 10.8. The third-order valence-electron chi connectivity index (χ3n) is 4.56. The summed E-state index contributed by atoms with van der Waals surface area (Å²) in [5.74, 6) is -0.0737. The predicted molar refractivity (Wildman–Crippen MR) is 107 cm³/mol. The number of hydrogen-bond acceptors (Lipinski definition) is 6. The van der Waals surface area contributed by atoms with E-state index in [1.54, 1.807) is 18.2 Å². The van der Waals surface area contributed by atoms with Crippen LogP contribution in [-0.2, 0) is 6.42 Å². The molecule has 148 valence electrons. The van der Waals surface area contributed by atoms with E-state index in [0.29, 0.717) is 39.9 Å². The van der Waals surface area contributed by atoms with Crippen molar-refractivity contribution in [3.05, 3.63) is 52.8 Å². The maximum atomic E-state index is 11.6. The monoisotopic (exact) mass is 412 g/mol. The molecule has 0 unspecified atom stereocenters. The zero-order valence-corrected chi connectivity index (χ0v) is 16.5. The number of carboxylic acid groups (broad SMARTS) is 1. The van der Waals surface area contributed by atoms with Crippen molar-refractivity contribution < 1.29 is 19.2 Å². The fraction of sp³-hybridized carbons (Fsp3) is 0.200. The van der Waals surface area contributed by atoms with Crippen LogP contribution >= 0.6 is 11.6 Å². The summed E-state index contributed by atoms with van der Waals surface area (Å²) in [5, 5.41) is 22.9. The Bertz CT molecular complexity index is 1200. The molecule has 4 aromatic rings. The van der Waals surface area contributed by atoms with E-state index in [0.717, 1.165) is 17.4 Å². The molecule has 0 spiro atoms. The van der Waals surface area contributed by atoms with Crippen molar-refractivity contribution in [1.29, 1.82) is 0 Å². The number of aromatic nitrogens is 4. The lowest BCUT2D eigenvalue weighted by Gasteiger charge is -2.11. The molecule has 8 nitrogen and oxygen atoms in total. The average Bonchev–Trinajstić information content (AvgIpc) is 3.32. The highest BCUT2D eigenvalue weighted by atomic mass is 35.5. The van der Waals surface area contributed by atoms with Crippen LogP contribution in [-0.4, -0.2) is 38.3 Å². The number of methoxy groups -OCH3 is 1. The second kappa shape index (κ2) is 7.56. The van der Waals surface area contributed by atoms with Gasteiger partial charge < -0.3 is 14.4 Å². The zero-order chi connectivity index (χ0) is 20.5. The summed E-state index contributed by atoms with van der Waals surface area (Å²) in [4.78, 5) is 11.6. The minimum Gasteiger partial charge on any atom is -0.494 e. The Morgan fingerprint density at radius 1 is 1.28 bits per heavy atom. The van der Waals surface area contributed by atoms with Gasteiger partial charge in [-0.3, -0.25) is 0 Å². The highest BCUT2D eigenvalue weighted by molar-refractivity contribution is 6.30. The van der Waals surface area contributed by atoms with Crippen molar-refractivity contribution in [2.75, 3.05) is 7.11 Å². The SMILES string of the molecule is CCCc1c(C(=O)O)nnn1-c1cc2c(-c3ccc(Cl)cc3)onc2cc1OC. The molecule has 0 amide bonds. The molecule has 0 radical (unpaired) electrons. The number of ether oxygens (including phenoxy) is 1. The number of hydrogen-bond donors (Lipinski definition) is 1. The second-order valence-corrected chi connectivity index (χ2v) is 6.85. The lowest BCUT2D eigenvalue weighted by atomic mass is 10.1. The standard InChI is InChI=1S/C20H17ClN4O4/c1-3-4-15-18(20(26)27)22-24-25(15)16-9-13-14(10-17(16)28-2)23-29-19(13)11-5-7-12(21)8-6-11/h5-10H,3-4H2,1-2H3,(H,26,27). The molecule has 29 heavy (non-hydrogen) atoms. The van der Waals surface area contributed by atoms with Gasteiger partial charge >= 0.3 is 5.97 Å². The quantitative estimate of drug-likeness (QED) is 0.500. The number of benzene rings is 2. The summed E-state index contributed by atoms with van der Waals surface area (Å²) in [5.41, 5.74) is 2.40. The Kier molecular flexibility index (Phi) is 4.94. The van der Waals surface area contributed by atoms with Gasteiger partial charge in [-0.25, -0.2) is 9.48 Å². The van der Waals surface area contributed by atoms with Crippen LogP contribution < -0.4 is 4.74 Å². The Labute approximate surface area is 170 Å². The molecule has 0 saturated carbocycles. The molecular formula is C20H17ClN4O4. The van der Waals surface area contributed by atoms with Gasteiger partial charge in [-0.15, -0.1) is 5.10 Å². The topological polar surface area (TPSA) is 103 Å². The van der Waals surface area contributed by atoms with E-state index >= 15 is 0 Å². The highest BCUT2D eigenvalue weighted by Gasteiger charge is 2.23. The first-order chi connectivity index (χ1) is 14.0. The van der Waals surface area contributed by atoms with Crippen LogP contribution in [0.2, 0.25) is 5.02 Å². The van der Waals surface area contributed by atoms with Crippen molar-refractivity contribution in [3.8, 4) is 22.8 Å². The number of carbonyl (C=O) groups is 1. The summed E-state index contributed by atoms with van der Waals surface area (Å²) in [7, 11) is 1.53. The van der Waals surface area contributed by atoms with E-state index in [4.69, 9.17) is 20.9 Å². The summed E-state index contributed by atoms with van der Waals surface area (Å²) < 4.78 is 12.6. The van der Waals surface area contributed by atoms with Gasteiger partial charge in [0.1, 0.15) is 17.0 Å². The lowest BCUT2D eigenvalue weighted by Crippen LogP contribution is -2.08. The Morgan fingerprint density at radius 3 is 2.69 bits per heavy atom. The molecule has 4 rings (SSSR count). The molecule has 0 aliphatic carbocycles. The molecule has 2 aromatic heterocycles. The largest absolute Gasteiger partial charge is 0.494 e. The average molecular weight is 413 g/mol. The molecule has 0 aliphatic rings. The maximum absolute atomic E-state index is 11.6. The van der Waals surface area contributed by atoms with Crippen molar-refractivity contribution in [3.63, 3.8) is 0 Å². The van der Waals surface area contributed by atoms with E-state index in [2.05, 4.69) is 15.5 Å². The molecule has 0 atom stereocenters. The van der Waals surface area contributed by atoms with E-state index in [9.17, 15) is 9.90 Å². The lowest BCUT2D eigenvalue weighted by molar-refractivity contribution is 0.0689. The minimum atomic E-state index is -1.12. The van der Waals surface area contributed by atoms with Crippen LogP contribution in [0.4, 0.5) is 0 Å². The van der Waals surface area contributed by atoms with Crippen LogP contribution in [0.3, 0.4) is 0 Å². The number of fused-ring (bicyclic) bond motifs is 1. The van der Waals surface area contributed by atoms with Crippen LogP contribution in [0, 0.1) is 0 Å². The van der Waals surface area contributed by atoms with Gasteiger partial charge in [0, 0.05) is 16.7 Å². The number of nitrogens with zero attached hydrogens (tertiary/aromatic N) is 4. The van der Waals surface area contributed by atoms with Crippen molar-refractivity contribution in [1.82, 2.24) is 20.2 Å². The Morgan fingerprint density at radius 2 is 2.03 bits per heavy atom. The molecule has 0 saturated heterocycles. The van der Waals surface area contributed by atoms with Crippen molar-refractivity contribution in [2.45, 2.75) is 19.8 Å². The van der Waals surface area contributed by atoms with Gasteiger partial charge in [0.05, 0.1) is 18.2 Å². The third kappa shape index (κ3) is 3.31. The van der Waals surface area contributed by atoms with E-state index in [1.165, 1.54) is 11.8 Å². The Balaban J connectivity index is 1.94. The van der Waals surface area contributed by atoms with Crippen LogP contribution in [0.25, 0.3) is 27.9 Å². The fourth-order valence-corrected chi connectivity index (χ4v) is 3.35. The summed E-state index contributed by atoms with van der Waals surface area (Å²) >= 11 is 5.98. The normalized spacial score (nSPS) is 11.1. The van der Waals surface area contributed by atoms with Gasteiger partial charge in [0.15, 0.2) is 11.5 Å². The smallest absolute Gasteiger partial charge is 0.358 e. The van der Waals surface area contributed by atoms with Crippen molar-refractivity contribution in [2.24, 2.45) is 0 Å². The second-order valence-electron chi connectivity index (χ2n) is 6.41. The maximum Gasteiger partial charge on any atom is 0.358 e. The molecule has 0 aliphatic heterocycles. The van der Waals surface area contributed by atoms with Crippen LogP contribution in [0.15, 0.2) is 40.9 Å². The zero-order valence-electron chi connectivity index (χ0n) is 15.7. The summed E-state index contributed by atoms with van der Waals surface area (Å²) in [6.45, 7) is 1.96. The summed E-state index contributed by atoms with van der Waals surface area (Å²) in [6.07, 6.45) is 1.24. The molecule has 0 bridgehead atoms. The van der Waals surface area contributed by atoms with Gasteiger partial charge in [0.2, 0.25) is 0 Å². The van der Waals surface area contributed by atoms with Crippen molar-refractivity contribution >= 4 is 28.5 Å². The number of carboxylic acids is 1. The van der Waals surface area contributed by atoms with Gasteiger partial charge in [-0.05, 0) is 36.8 Å². The predicted octanol–water partition coefficient (Wildman–Crippen LogP) is 4.39. The van der Waals surface area contributed by atoms with Gasteiger partial charge in [-0.1, -0.05) is 35.3 Å². The van der Waals surface area contributed by atoms with E-state index < -0.39 is 5.97 Å². The first-order valence-corrected chi connectivity index (χ1v) is 9.32. The first kappa shape index (κ1) is 18.9. The molecule has 2 heterocycles. The van der Waals surface area contributed by atoms with E-state index in [-0.39, 0.29) is 5.69 Å². The highest BCUT2D eigenvalue weighted by Crippen LogP contribution is 2.35. The fourth-order valence-electron chi connectivity index (χ4n) is 3.22. The number of aromatic carboxylic acids is 1. The third-order valence-corrected chi connectivity index (χ3v) is 4.82. The van der Waals surface area contributed by atoms with Gasteiger partial charge in [-0.2, -0.15) is 0 Å². The first-order valence-electron chi connectivity index (χ1n) is 8.95. The molecule has 2 aromatic carbocycles. The molecular weight excluding hydrogens is 396 g/mol. The number of halogens is 1. The molecule has 0 fully saturated rings. The minimum absolute atomic E-state index is 0.0720. The van der Waals surface area contributed by atoms with E-state index in [1.807, 2.05) is 25.1 Å².